The van der Waals surface area contributed by atoms with Gasteiger partial charge in [-0.25, -0.2) is 4.79 Å². The van der Waals surface area contributed by atoms with Gasteiger partial charge in [-0.3, -0.25) is 0 Å². The van der Waals surface area contributed by atoms with Crippen LogP contribution in [0.2, 0.25) is 0 Å². The highest BCUT2D eigenvalue weighted by Crippen LogP contribution is 2.45. The lowest BCUT2D eigenvalue weighted by molar-refractivity contribution is 0.00695. The lowest BCUT2D eigenvalue weighted by Gasteiger charge is -2.27. The normalized spacial score (nSPS) is 19.1. The van der Waals surface area contributed by atoms with Crippen molar-refractivity contribution in [1.82, 2.24) is 0 Å². The van der Waals surface area contributed by atoms with Gasteiger partial charge in [-0.2, -0.15) is 0 Å². The minimum absolute atomic E-state index is 0.0143. The van der Waals surface area contributed by atoms with Crippen LogP contribution in [-0.2, 0) is 4.74 Å². The first-order valence-corrected chi connectivity index (χ1v) is 6.67. The summed E-state index contributed by atoms with van der Waals surface area (Å²) in [6.45, 7) is 6.41. The molecule has 0 amide bonds. The van der Waals surface area contributed by atoms with Crippen molar-refractivity contribution < 1.29 is 14.3 Å². The Balaban J connectivity index is 1.80. The van der Waals surface area contributed by atoms with Crippen LogP contribution in [0.3, 0.4) is 0 Å². The Hall–Kier alpha value is -1.71. The minimum atomic E-state index is -0.477. The number of ether oxygens (including phenoxy) is 2. The lowest BCUT2D eigenvalue weighted by Crippen LogP contribution is -2.32. The molecule has 1 saturated carbocycles. The van der Waals surface area contributed by atoms with E-state index < -0.39 is 5.60 Å². The van der Waals surface area contributed by atoms with E-state index in [2.05, 4.69) is 5.32 Å². The SMILES string of the molecule is CC(C)(C)OC(=O)c1ccc2c(c1)NCC1(CC1)O2. The first-order chi connectivity index (χ1) is 8.87. The van der Waals surface area contributed by atoms with Gasteiger partial charge in [-0.1, -0.05) is 0 Å². The Kier molecular flexibility index (Phi) is 2.52. The van der Waals surface area contributed by atoms with Gasteiger partial charge < -0.3 is 14.8 Å². The molecule has 1 aromatic rings. The average molecular weight is 261 g/mol. The molecule has 0 atom stereocenters. The molecule has 1 heterocycles. The zero-order valence-corrected chi connectivity index (χ0v) is 11.6. The van der Waals surface area contributed by atoms with E-state index in [0.717, 1.165) is 30.8 Å². The van der Waals surface area contributed by atoms with E-state index in [4.69, 9.17) is 9.47 Å². The third-order valence-corrected chi connectivity index (χ3v) is 3.35. The van der Waals surface area contributed by atoms with Crippen molar-refractivity contribution in [2.75, 3.05) is 11.9 Å². The van der Waals surface area contributed by atoms with Gasteiger partial charge >= 0.3 is 5.97 Å². The predicted molar refractivity (Wildman–Crippen MR) is 72.7 cm³/mol. The molecule has 0 unspecified atom stereocenters. The Bertz CT molecular complexity index is 527. The second kappa shape index (κ2) is 3.89. The summed E-state index contributed by atoms with van der Waals surface area (Å²) in [7, 11) is 0. The van der Waals surface area contributed by atoms with Gasteiger partial charge in [0.2, 0.25) is 0 Å². The maximum Gasteiger partial charge on any atom is 0.338 e. The van der Waals surface area contributed by atoms with Crippen molar-refractivity contribution in [3.63, 3.8) is 0 Å². The molecule has 0 saturated heterocycles. The zero-order chi connectivity index (χ0) is 13.7. The number of carbonyl (C=O) groups is 1. The summed E-state index contributed by atoms with van der Waals surface area (Å²) in [4.78, 5) is 12.0. The van der Waals surface area contributed by atoms with E-state index in [0.29, 0.717) is 5.56 Å². The maximum absolute atomic E-state index is 12.0. The van der Waals surface area contributed by atoms with Gasteiger partial charge in [0.15, 0.2) is 0 Å². The molecule has 0 radical (unpaired) electrons. The Morgan fingerprint density at radius 3 is 2.74 bits per heavy atom. The molecule has 4 heteroatoms. The summed E-state index contributed by atoms with van der Waals surface area (Å²) < 4.78 is 11.3. The molecule has 3 rings (SSSR count). The average Bonchev–Trinajstić information content (AvgIpc) is 3.06. The van der Waals surface area contributed by atoms with E-state index in [1.54, 1.807) is 12.1 Å². The number of fused-ring (bicyclic) bond motifs is 1. The summed E-state index contributed by atoms with van der Waals surface area (Å²) in [5.41, 5.74) is 0.965. The van der Waals surface area contributed by atoms with Crippen LogP contribution in [0.25, 0.3) is 0 Å². The van der Waals surface area contributed by atoms with Crippen molar-refractivity contribution in [2.45, 2.75) is 44.8 Å². The second-order valence-electron chi connectivity index (χ2n) is 6.35. The summed E-state index contributed by atoms with van der Waals surface area (Å²) in [5, 5.41) is 3.34. The molecule has 1 spiro atoms. The molecule has 0 aromatic heterocycles. The second-order valence-corrected chi connectivity index (χ2v) is 6.35. The van der Waals surface area contributed by atoms with Crippen LogP contribution < -0.4 is 10.1 Å². The van der Waals surface area contributed by atoms with Crippen LogP contribution in [0.5, 0.6) is 5.75 Å². The topological polar surface area (TPSA) is 47.6 Å². The number of hydrogen-bond acceptors (Lipinski definition) is 4. The fraction of sp³-hybridized carbons (Fsp3) is 0.533. The smallest absolute Gasteiger partial charge is 0.338 e. The van der Waals surface area contributed by atoms with Crippen LogP contribution in [-0.4, -0.2) is 23.7 Å². The van der Waals surface area contributed by atoms with Crippen LogP contribution in [0.1, 0.15) is 44.0 Å². The Labute approximate surface area is 113 Å². The number of hydrogen-bond donors (Lipinski definition) is 1. The molecule has 1 N–H and O–H groups in total. The number of benzene rings is 1. The van der Waals surface area contributed by atoms with Gasteiger partial charge in [0.25, 0.3) is 0 Å². The molecule has 1 fully saturated rings. The van der Waals surface area contributed by atoms with Crippen LogP contribution in [0.15, 0.2) is 18.2 Å². The monoisotopic (exact) mass is 261 g/mol. The summed E-state index contributed by atoms with van der Waals surface area (Å²) in [5.74, 6) is 0.528. The van der Waals surface area contributed by atoms with E-state index in [9.17, 15) is 4.79 Å². The van der Waals surface area contributed by atoms with Gasteiger partial charge in [0.05, 0.1) is 17.8 Å². The predicted octanol–water partition coefficient (Wildman–Crippen LogP) is 2.98. The third-order valence-electron chi connectivity index (χ3n) is 3.35. The highest BCUT2D eigenvalue weighted by molar-refractivity contribution is 5.91. The Morgan fingerprint density at radius 1 is 1.37 bits per heavy atom. The lowest BCUT2D eigenvalue weighted by atomic mass is 10.1. The van der Waals surface area contributed by atoms with Crippen LogP contribution >= 0.6 is 0 Å². The largest absolute Gasteiger partial charge is 0.483 e. The summed E-state index contributed by atoms with van der Waals surface area (Å²) >= 11 is 0. The van der Waals surface area contributed by atoms with E-state index in [-0.39, 0.29) is 11.6 Å². The van der Waals surface area contributed by atoms with Crippen molar-refractivity contribution in [3.8, 4) is 5.75 Å². The first kappa shape index (κ1) is 12.3. The number of carbonyl (C=O) groups excluding carboxylic acids is 1. The van der Waals surface area contributed by atoms with Crippen LogP contribution in [0, 0.1) is 0 Å². The van der Waals surface area contributed by atoms with E-state index >= 15 is 0 Å². The van der Waals surface area contributed by atoms with Gasteiger partial charge in [-0.05, 0) is 51.8 Å². The molecule has 102 valence electrons. The molecular weight excluding hydrogens is 242 g/mol. The zero-order valence-electron chi connectivity index (χ0n) is 11.6. The number of esters is 1. The molecule has 2 aliphatic rings. The van der Waals surface area contributed by atoms with Crippen molar-refractivity contribution in [3.05, 3.63) is 23.8 Å². The van der Waals surface area contributed by atoms with Crippen molar-refractivity contribution in [1.29, 1.82) is 0 Å². The highest BCUT2D eigenvalue weighted by Gasteiger charge is 2.47. The van der Waals surface area contributed by atoms with Crippen molar-refractivity contribution in [2.24, 2.45) is 0 Å². The molecular formula is C15H19NO3. The van der Waals surface area contributed by atoms with E-state index in [1.807, 2.05) is 26.8 Å². The fourth-order valence-electron chi connectivity index (χ4n) is 2.17. The number of anilines is 1. The quantitative estimate of drug-likeness (QED) is 0.789. The molecule has 1 aliphatic carbocycles. The van der Waals surface area contributed by atoms with Crippen molar-refractivity contribution >= 4 is 11.7 Å². The molecule has 19 heavy (non-hydrogen) atoms. The van der Waals surface area contributed by atoms with Gasteiger partial charge in [0, 0.05) is 0 Å². The standard InChI is InChI=1S/C15H19NO3/c1-14(2,3)19-13(17)10-4-5-12-11(8-10)16-9-15(18-12)6-7-15/h4-5,8,16H,6-7,9H2,1-3H3. The molecule has 0 bridgehead atoms. The molecule has 1 aliphatic heterocycles. The number of rotatable bonds is 1. The first-order valence-electron chi connectivity index (χ1n) is 6.67. The van der Waals surface area contributed by atoms with Gasteiger partial charge in [0.1, 0.15) is 17.0 Å². The molecule has 1 aromatic carbocycles. The minimum Gasteiger partial charge on any atom is -0.483 e. The summed E-state index contributed by atoms with van der Waals surface area (Å²) in [6, 6.07) is 5.41. The highest BCUT2D eigenvalue weighted by atomic mass is 16.6. The summed E-state index contributed by atoms with van der Waals surface area (Å²) in [6.07, 6.45) is 2.21. The molecule has 4 nitrogen and oxygen atoms in total. The third kappa shape index (κ3) is 2.53. The number of nitrogens with one attached hydrogen (secondary N) is 1. The Morgan fingerprint density at radius 2 is 2.11 bits per heavy atom. The van der Waals surface area contributed by atoms with Crippen LogP contribution in [0.4, 0.5) is 5.69 Å². The fourth-order valence-corrected chi connectivity index (χ4v) is 2.17. The maximum atomic E-state index is 12.0. The van der Waals surface area contributed by atoms with Gasteiger partial charge in [-0.15, -0.1) is 0 Å². The van der Waals surface area contributed by atoms with E-state index in [1.165, 1.54) is 0 Å².